The van der Waals surface area contributed by atoms with Crippen LogP contribution in [-0.2, 0) is 14.2 Å². The van der Waals surface area contributed by atoms with Crippen LogP contribution in [0, 0.1) is 0 Å². The molecule has 0 aliphatic heterocycles. The van der Waals surface area contributed by atoms with E-state index >= 15 is 0 Å². The van der Waals surface area contributed by atoms with Crippen molar-refractivity contribution in [1.82, 2.24) is 0 Å². The molecular formula is C8H12O3. The van der Waals surface area contributed by atoms with Crippen LogP contribution in [0.5, 0.6) is 0 Å². The maximum Gasteiger partial charge on any atom is 0.330 e. The third-order valence-electron chi connectivity index (χ3n) is 1.00. The molecule has 0 amide bonds. The molecule has 0 saturated heterocycles. The predicted octanol–water partition coefficient (Wildman–Crippen LogP) is 1.44. The Balaban J connectivity index is 4.62. The molecule has 0 saturated carbocycles. The van der Waals surface area contributed by atoms with Crippen molar-refractivity contribution in [3.63, 3.8) is 0 Å². The van der Waals surface area contributed by atoms with Gasteiger partial charge in [-0.25, -0.2) is 0 Å². The van der Waals surface area contributed by atoms with Gasteiger partial charge in [-0.2, -0.15) is 0 Å². The Morgan fingerprint density at radius 1 is 1.18 bits per heavy atom. The summed E-state index contributed by atoms with van der Waals surface area (Å²) in [4.78, 5) is 0. The summed E-state index contributed by atoms with van der Waals surface area (Å²) in [7, 11) is 4.50. The fraction of sp³-hybridized carbons (Fsp3) is 0.375. The van der Waals surface area contributed by atoms with E-state index in [1.165, 1.54) is 27.4 Å². The Morgan fingerprint density at radius 3 is 2.00 bits per heavy atom. The topological polar surface area (TPSA) is 27.7 Å². The second kappa shape index (κ2) is 5.45. The van der Waals surface area contributed by atoms with Crippen LogP contribution in [0.4, 0.5) is 0 Å². The molecule has 62 valence electrons. The molecule has 0 aromatic carbocycles. The van der Waals surface area contributed by atoms with E-state index in [9.17, 15) is 0 Å². The number of ether oxygens (including phenoxy) is 3. The second-order valence-corrected chi connectivity index (χ2v) is 1.59. The number of allylic oxidation sites excluding steroid dienone is 1. The number of hydrogen-bond acceptors (Lipinski definition) is 3. The summed E-state index contributed by atoms with van der Waals surface area (Å²) in [5.41, 5.74) is 2.70. The van der Waals surface area contributed by atoms with E-state index in [4.69, 9.17) is 14.2 Å². The largest absolute Gasteiger partial charge is 0.489 e. The molecule has 0 fully saturated rings. The first-order valence-corrected chi connectivity index (χ1v) is 3.03. The third-order valence-corrected chi connectivity index (χ3v) is 1.00. The van der Waals surface area contributed by atoms with Crippen LogP contribution in [-0.4, -0.2) is 21.3 Å². The zero-order chi connectivity index (χ0) is 8.69. The first-order valence-electron chi connectivity index (χ1n) is 3.03. The van der Waals surface area contributed by atoms with Crippen molar-refractivity contribution in [3.8, 4) is 0 Å². The highest BCUT2D eigenvalue weighted by Crippen LogP contribution is 1.98. The van der Waals surface area contributed by atoms with Crippen LogP contribution in [0.3, 0.4) is 0 Å². The summed E-state index contributed by atoms with van der Waals surface area (Å²) in [6.45, 7) is 3.50. The van der Waals surface area contributed by atoms with E-state index in [2.05, 4.69) is 12.3 Å². The molecule has 0 bridgehead atoms. The molecule has 0 unspecified atom stereocenters. The van der Waals surface area contributed by atoms with E-state index in [0.29, 0.717) is 5.76 Å². The van der Waals surface area contributed by atoms with Crippen molar-refractivity contribution < 1.29 is 14.2 Å². The average molecular weight is 156 g/mol. The van der Waals surface area contributed by atoms with E-state index in [1.807, 2.05) is 0 Å². The van der Waals surface area contributed by atoms with Crippen molar-refractivity contribution in [3.05, 3.63) is 30.1 Å². The first-order chi connectivity index (χ1) is 5.28. The zero-order valence-electron chi connectivity index (χ0n) is 7.01. The fourth-order valence-corrected chi connectivity index (χ4v) is 0.471. The molecule has 3 nitrogen and oxygen atoms in total. The summed E-state index contributed by atoms with van der Waals surface area (Å²) in [6, 6.07) is 0. The molecule has 11 heavy (non-hydrogen) atoms. The van der Waals surface area contributed by atoms with Gasteiger partial charge < -0.3 is 14.2 Å². The molecule has 0 aromatic heterocycles. The van der Waals surface area contributed by atoms with Crippen LogP contribution in [0.15, 0.2) is 30.1 Å². The van der Waals surface area contributed by atoms with Crippen molar-refractivity contribution in [2.45, 2.75) is 0 Å². The Hall–Kier alpha value is -1.34. The van der Waals surface area contributed by atoms with Crippen LogP contribution in [0.25, 0.3) is 0 Å². The zero-order valence-corrected chi connectivity index (χ0v) is 7.01. The smallest absolute Gasteiger partial charge is 0.330 e. The van der Waals surface area contributed by atoms with Crippen molar-refractivity contribution >= 4 is 0 Å². The Morgan fingerprint density at radius 2 is 1.73 bits per heavy atom. The average Bonchev–Trinajstić information content (AvgIpc) is 2.07. The standard InChI is InChI=1S/C8H12O3/c1-5-7(9-2)6-8(10-3)11-4/h5H,1H2,2-4H3. The molecule has 3 heteroatoms. The van der Waals surface area contributed by atoms with Gasteiger partial charge in [0.1, 0.15) is 0 Å². The monoisotopic (exact) mass is 156 g/mol. The minimum Gasteiger partial charge on any atom is -0.489 e. The third kappa shape index (κ3) is 3.38. The van der Waals surface area contributed by atoms with Crippen molar-refractivity contribution in [2.75, 3.05) is 21.3 Å². The molecule has 0 spiro atoms. The Kier molecular flexibility index (Phi) is 4.78. The highest BCUT2D eigenvalue weighted by Gasteiger charge is 1.91. The predicted molar refractivity (Wildman–Crippen MR) is 41.8 cm³/mol. The minimum absolute atomic E-state index is 0.266. The summed E-state index contributed by atoms with van der Waals surface area (Å²) in [5.74, 6) is 0.741. The first kappa shape index (κ1) is 9.66. The van der Waals surface area contributed by atoms with E-state index in [-0.39, 0.29) is 5.95 Å². The summed E-state index contributed by atoms with van der Waals surface area (Å²) in [6.07, 6.45) is 1.51. The summed E-state index contributed by atoms with van der Waals surface area (Å²) >= 11 is 0. The lowest BCUT2D eigenvalue weighted by atomic mass is 10.5. The maximum atomic E-state index is 4.84. The van der Waals surface area contributed by atoms with Gasteiger partial charge in [-0.15, -0.1) is 0 Å². The normalized spacial score (nSPS) is 7.55. The Bertz CT molecular complexity index is 182. The van der Waals surface area contributed by atoms with Crippen LogP contribution >= 0.6 is 0 Å². The van der Waals surface area contributed by atoms with E-state index in [0.717, 1.165) is 0 Å². The molecule has 0 radical (unpaired) electrons. The Labute approximate surface area is 66.6 Å². The molecule has 0 aliphatic carbocycles. The summed E-state index contributed by atoms with van der Waals surface area (Å²) in [5, 5.41) is 0. The highest BCUT2D eigenvalue weighted by molar-refractivity contribution is 5.08. The summed E-state index contributed by atoms with van der Waals surface area (Å²) < 4.78 is 14.4. The molecule has 0 heterocycles. The number of rotatable bonds is 4. The molecule has 0 aliphatic rings. The lowest BCUT2D eigenvalue weighted by Crippen LogP contribution is -1.88. The minimum atomic E-state index is 0.266. The van der Waals surface area contributed by atoms with Gasteiger partial charge in [-0.05, 0) is 6.08 Å². The molecule has 0 aromatic rings. The van der Waals surface area contributed by atoms with Gasteiger partial charge in [0.2, 0.25) is 0 Å². The number of hydrogen-bond donors (Lipinski definition) is 0. The van der Waals surface area contributed by atoms with Gasteiger partial charge in [0.15, 0.2) is 5.76 Å². The van der Waals surface area contributed by atoms with Gasteiger partial charge in [-0.3, -0.25) is 0 Å². The van der Waals surface area contributed by atoms with Gasteiger partial charge >= 0.3 is 5.95 Å². The molecule has 0 N–H and O–H groups in total. The lowest BCUT2D eigenvalue weighted by molar-refractivity contribution is 0.0954. The lowest BCUT2D eigenvalue weighted by Gasteiger charge is -1.99. The molecular weight excluding hydrogens is 144 g/mol. The van der Waals surface area contributed by atoms with E-state index in [1.54, 1.807) is 0 Å². The van der Waals surface area contributed by atoms with Gasteiger partial charge in [0.05, 0.1) is 21.3 Å². The van der Waals surface area contributed by atoms with Gasteiger partial charge in [0, 0.05) is 5.73 Å². The number of methoxy groups -OCH3 is 3. The fourth-order valence-electron chi connectivity index (χ4n) is 0.471. The van der Waals surface area contributed by atoms with Crippen LogP contribution in [0.2, 0.25) is 0 Å². The van der Waals surface area contributed by atoms with Crippen molar-refractivity contribution in [1.29, 1.82) is 0 Å². The van der Waals surface area contributed by atoms with Crippen LogP contribution in [0.1, 0.15) is 0 Å². The van der Waals surface area contributed by atoms with E-state index < -0.39 is 0 Å². The molecule has 0 atom stereocenters. The quantitative estimate of drug-likeness (QED) is 0.350. The SMILES string of the molecule is C=CC(=C=C(OC)OC)OC. The highest BCUT2D eigenvalue weighted by atomic mass is 16.7. The second-order valence-electron chi connectivity index (χ2n) is 1.59. The van der Waals surface area contributed by atoms with Gasteiger partial charge in [-0.1, -0.05) is 6.58 Å². The van der Waals surface area contributed by atoms with Crippen molar-refractivity contribution in [2.24, 2.45) is 0 Å². The van der Waals surface area contributed by atoms with Crippen LogP contribution < -0.4 is 0 Å². The van der Waals surface area contributed by atoms with Gasteiger partial charge in [0.25, 0.3) is 0 Å². The molecule has 0 rings (SSSR count). The maximum absolute atomic E-state index is 4.84.